The molecule has 3 rings (SSSR count). The number of nitrogens with zero attached hydrogens (tertiary/aromatic N) is 4. The third-order valence-corrected chi connectivity index (χ3v) is 5.04. The lowest BCUT2D eigenvalue weighted by molar-refractivity contribution is -0.144. The van der Waals surface area contributed by atoms with Crippen LogP contribution in [0.5, 0.6) is 0 Å². The van der Waals surface area contributed by atoms with Crippen molar-refractivity contribution < 1.29 is 22.8 Å². The van der Waals surface area contributed by atoms with Gasteiger partial charge in [0.2, 0.25) is 4.96 Å². The van der Waals surface area contributed by atoms with Crippen molar-refractivity contribution in [1.82, 2.24) is 14.6 Å². The van der Waals surface area contributed by atoms with Crippen molar-refractivity contribution in [3.8, 4) is 0 Å². The minimum Gasteiger partial charge on any atom is -0.313 e. The predicted octanol–water partition coefficient (Wildman–Crippen LogP) is 5.01. The average molecular weight is 437 g/mol. The summed E-state index contributed by atoms with van der Waals surface area (Å²) in [5.41, 5.74) is 0.777. The second-order valence-corrected chi connectivity index (χ2v) is 7.21. The SMILES string of the molecule is C/C(=N\OC(=O)c1cc(Cl)cc(Cl)c1)c1sc2nc(C(F)(F)F)nn2c1C. The van der Waals surface area contributed by atoms with Crippen LogP contribution in [0.25, 0.3) is 4.96 Å². The molecule has 0 N–H and O–H groups in total. The molecular formula is C15H9Cl2F3N4O2S. The molecule has 0 saturated carbocycles. The Morgan fingerprint density at radius 2 is 1.89 bits per heavy atom. The number of carbonyl (C=O) groups is 1. The number of halogens is 5. The molecule has 0 aliphatic heterocycles. The van der Waals surface area contributed by atoms with E-state index in [0.29, 0.717) is 10.6 Å². The van der Waals surface area contributed by atoms with Gasteiger partial charge in [-0.05, 0) is 32.0 Å². The summed E-state index contributed by atoms with van der Waals surface area (Å²) < 4.78 is 39.1. The highest BCUT2D eigenvalue weighted by molar-refractivity contribution is 7.19. The van der Waals surface area contributed by atoms with Gasteiger partial charge in [0.05, 0.1) is 21.8 Å². The Bertz CT molecular complexity index is 1050. The fourth-order valence-electron chi connectivity index (χ4n) is 2.18. The molecule has 0 atom stereocenters. The zero-order chi connectivity index (χ0) is 19.9. The van der Waals surface area contributed by atoms with Gasteiger partial charge in [-0.25, -0.2) is 9.31 Å². The van der Waals surface area contributed by atoms with E-state index in [-0.39, 0.29) is 26.3 Å². The van der Waals surface area contributed by atoms with Crippen LogP contribution in [-0.4, -0.2) is 26.3 Å². The zero-order valence-corrected chi connectivity index (χ0v) is 16.0. The molecule has 2 aromatic heterocycles. The normalized spacial score (nSPS) is 12.6. The Balaban J connectivity index is 1.84. The molecule has 27 heavy (non-hydrogen) atoms. The lowest BCUT2D eigenvalue weighted by Crippen LogP contribution is -2.08. The van der Waals surface area contributed by atoms with Crippen molar-refractivity contribution in [1.29, 1.82) is 0 Å². The topological polar surface area (TPSA) is 68.8 Å². The van der Waals surface area contributed by atoms with Crippen LogP contribution in [-0.2, 0) is 11.0 Å². The standard InChI is InChI=1S/C15H9Cl2F3N4O2S/c1-6(23-26-12(25)8-3-9(16)5-10(17)4-8)11-7(2)24-14(27-11)21-13(22-24)15(18,19)20/h3-5H,1-2H3/b23-6+. The van der Waals surface area contributed by atoms with Crippen molar-refractivity contribution in [2.75, 3.05) is 0 Å². The van der Waals surface area contributed by atoms with Crippen LogP contribution in [0.3, 0.4) is 0 Å². The van der Waals surface area contributed by atoms with Gasteiger partial charge in [-0.2, -0.15) is 18.2 Å². The number of hydrogen-bond acceptors (Lipinski definition) is 6. The summed E-state index contributed by atoms with van der Waals surface area (Å²) in [5.74, 6) is -2.00. The fraction of sp³-hybridized carbons (Fsp3) is 0.200. The van der Waals surface area contributed by atoms with Gasteiger partial charge in [-0.1, -0.05) is 39.7 Å². The van der Waals surface area contributed by atoms with Crippen LogP contribution in [0.15, 0.2) is 23.4 Å². The molecule has 2 heterocycles. The number of thiazole rings is 1. The van der Waals surface area contributed by atoms with E-state index >= 15 is 0 Å². The van der Waals surface area contributed by atoms with E-state index in [9.17, 15) is 18.0 Å². The number of oxime groups is 1. The van der Waals surface area contributed by atoms with Gasteiger partial charge in [-0.3, -0.25) is 0 Å². The largest absolute Gasteiger partial charge is 0.453 e. The maximum atomic E-state index is 12.7. The Kier molecular flexibility index (Phi) is 5.15. The van der Waals surface area contributed by atoms with Crippen LogP contribution in [0.4, 0.5) is 13.2 Å². The van der Waals surface area contributed by atoms with E-state index in [0.717, 1.165) is 15.9 Å². The van der Waals surface area contributed by atoms with Crippen molar-refractivity contribution in [2.45, 2.75) is 20.0 Å². The first-order chi connectivity index (χ1) is 12.6. The number of fused-ring (bicyclic) bond motifs is 1. The van der Waals surface area contributed by atoms with Crippen molar-refractivity contribution in [2.24, 2.45) is 5.16 Å². The lowest BCUT2D eigenvalue weighted by atomic mass is 10.2. The molecule has 142 valence electrons. The number of aryl methyl sites for hydroxylation is 1. The summed E-state index contributed by atoms with van der Waals surface area (Å²) in [4.78, 5) is 20.9. The Morgan fingerprint density at radius 3 is 2.44 bits per heavy atom. The lowest BCUT2D eigenvalue weighted by Gasteiger charge is -2.02. The number of carbonyl (C=O) groups excluding carboxylic acids is 1. The first kappa shape index (κ1) is 19.6. The van der Waals surface area contributed by atoms with E-state index in [1.54, 1.807) is 13.8 Å². The number of alkyl halides is 3. The van der Waals surface area contributed by atoms with Gasteiger partial charge < -0.3 is 4.84 Å². The minimum atomic E-state index is -4.63. The van der Waals surface area contributed by atoms with Crippen molar-refractivity contribution >= 4 is 51.2 Å². The van der Waals surface area contributed by atoms with Crippen molar-refractivity contribution in [3.63, 3.8) is 0 Å². The second-order valence-electron chi connectivity index (χ2n) is 5.36. The van der Waals surface area contributed by atoms with Crippen LogP contribution < -0.4 is 0 Å². The number of hydrogen-bond donors (Lipinski definition) is 0. The summed E-state index contributed by atoms with van der Waals surface area (Å²) >= 11 is 12.6. The van der Waals surface area contributed by atoms with Crippen LogP contribution >= 0.6 is 34.5 Å². The van der Waals surface area contributed by atoms with Gasteiger partial charge in [-0.15, -0.1) is 5.10 Å². The highest BCUT2D eigenvalue weighted by atomic mass is 35.5. The summed E-state index contributed by atoms with van der Waals surface area (Å²) in [5, 5.41) is 7.71. The molecule has 6 nitrogen and oxygen atoms in total. The molecular weight excluding hydrogens is 428 g/mol. The third kappa shape index (κ3) is 4.07. The number of rotatable bonds is 3. The van der Waals surface area contributed by atoms with Crippen LogP contribution in [0, 0.1) is 6.92 Å². The molecule has 0 aliphatic rings. The summed E-state index contributed by atoms with van der Waals surface area (Å²) in [6.07, 6.45) is -4.63. The molecule has 0 aliphatic carbocycles. The maximum absolute atomic E-state index is 12.7. The summed E-state index contributed by atoms with van der Waals surface area (Å²) in [6, 6.07) is 4.20. The first-order valence-electron chi connectivity index (χ1n) is 7.22. The highest BCUT2D eigenvalue weighted by Crippen LogP contribution is 2.30. The molecule has 0 radical (unpaired) electrons. The van der Waals surface area contributed by atoms with Crippen LogP contribution in [0.1, 0.15) is 33.7 Å². The van der Waals surface area contributed by atoms with Gasteiger partial charge >= 0.3 is 12.1 Å². The summed E-state index contributed by atoms with van der Waals surface area (Å²) in [6.45, 7) is 3.10. The van der Waals surface area contributed by atoms with Gasteiger partial charge in [0.1, 0.15) is 0 Å². The minimum absolute atomic E-state index is 0.0531. The monoisotopic (exact) mass is 436 g/mol. The van der Waals surface area contributed by atoms with Crippen LogP contribution in [0.2, 0.25) is 10.0 Å². The molecule has 0 saturated heterocycles. The Morgan fingerprint density at radius 1 is 1.26 bits per heavy atom. The smallest absolute Gasteiger partial charge is 0.313 e. The second kappa shape index (κ2) is 7.10. The van der Waals surface area contributed by atoms with Gasteiger partial charge in [0, 0.05) is 10.0 Å². The molecule has 0 amide bonds. The van der Waals surface area contributed by atoms with E-state index in [4.69, 9.17) is 28.0 Å². The predicted molar refractivity (Wildman–Crippen MR) is 94.7 cm³/mol. The Hall–Kier alpha value is -2.17. The quantitative estimate of drug-likeness (QED) is 0.328. The average Bonchev–Trinajstić information content (AvgIpc) is 3.11. The number of benzene rings is 1. The molecule has 3 aromatic rings. The Labute approximate surface area is 164 Å². The van der Waals surface area contributed by atoms with Gasteiger partial charge in [0.25, 0.3) is 5.82 Å². The molecule has 0 spiro atoms. The van der Waals surface area contributed by atoms with E-state index in [1.165, 1.54) is 18.2 Å². The number of aromatic nitrogens is 3. The highest BCUT2D eigenvalue weighted by Gasteiger charge is 2.37. The summed E-state index contributed by atoms with van der Waals surface area (Å²) in [7, 11) is 0. The van der Waals surface area contributed by atoms with E-state index < -0.39 is 18.0 Å². The molecule has 12 heteroatoms. The van der Waals surface area contributed by atoms with Crippen molar-refractivity contribution in [3.05, 3.63) is 50.2 Å². The molecule has 0 unspecified atom stereocenters. The van der Waals surface area contributed by atoms with Gasteiger partial charge in [0.15, 0.2) is 0 Å². The van der Waals surface area contributed by atoms with E-state index in [1.807, 2.05) is 0 Å². The molecule has 0 fully saturated rings. The molecule has 1 aromatic carbocycles. The zero-order valence-electron chi connectivity index (χ0n) is 13.6. The maximum Gasteiger partial charge on any atom is 0.453 e. The molecule has 0 bridgehead atoms. The fourth-order valence-corrected chi connectivity index (χ4v) is 3.70. The van der Waals surface area contributed by atoms with E-state index in [2.05, 4.69) is 15.2 Å². The third-order valence-electron chi connectivity index (χ3n) is 3.36. The first-order valence-corrected chi connectivity index (χ1v) is 8.79.